The molecular weight excluding hydrogens is 281 g/mol. The Kier molecular flexibility index (Phi) is 3.66. The lowest BCUT2D eigenvalue weighted by atomic mass is 10.2. The topological polar surface area (TPSA) is 43.1 Å². The second-order valence-corrected chi connectivity index (χ2v) is 5.24. The van der Waals surface area contributed by atoms with Crippen molar-refractivity contribution in [3.05, 3.63) is 49.3 Å². The Bertz CT molecular complexity index is 607. The fourth-order valence-electron chi connectivity index (χ4n) is 1.41. The Morgan fingerprint density at radius 2 is 2.18 bits per heavy atom. The van der Waals surface area contributed by atoms with Gasteiger partial charge in [0.25, 0.3) is 0 Å². The van der Waals surface area contributed by atoms with Crippen molar-refractivity contribution in [3.8, 4) is 0 Å². The zero-order chi connectivity index (χ0) is 12.4. The molecule has 0 unspecified atom stereocenters. The standard InChI is InChI=1S/C11H7Cl2NO2S/c12-7-3-4-9-8(6-7)11(13)10(17-9)2-1-5-14(15)16/h1-4,6H,5H2/b2-1+. The third kappa shape index (κ3) is 2.77. The van der Waals surface area contributed by atoms with E-state index in [4.69, 9.17) is 23.2 Å². The summed E-state index contributed by atoms with van der Waals surface area (Å²) in [7, 11) is 0. The largest absolute Gasteiger partial charge is 0.264 e. The molecule has 0 saturated heterocycles. The van der Waals surface area contributed by atoms with Crippen molar-refractivity contribution >= 4 is 50.7 Å². The third-order valence-electron chi connectivity index (χ3n) is 2.14. The number of benzene rings is 1. The van der Waals surface area contributed by atoms with Gasteiger partial charge in [-0.2, -0.15) is 0 Å². The predicted octanol–water partition coefficient (Wildman–Crippen LogP) is 4.50. The lowest BCUT2D eigenvalue weighted by Crippen LogP contribution is -1.95. The highest BCUT2D eigenvalue weighted by Crippen LogP contribution is 2.37. The highest BCUT2D eigenvalue weighted by molar-refractivity contribution is 7.20. The summed E-state index contributed by atoms with van der Waals surface area (Å²) in [4.78, 5) is 10.6. The summed E-state index contributed by atoms with van der Waals surface area (Å²) < 4.78 is 1.01. The normalized spacial score (nSPS) is 11.4. The van der Waals surface area contributed by atoms with Crippen LogP contribution in [0.3, 0.4) is 0 Å². The van der Waals surface area contributed by atoms with Crippen molar-refractivity contribution < 1.29 is 4.92 Å². The van der Waals surface area contributed by atoms with Crippen LogP contribution in [-0.4, -0.2) is 11.5 Å². The zero-order valence-corrected chi connectivity index (χ0v) is 10.9. The Labute approximate surface area is 111 Å². The van der Waals surface area contributed by atoms with Crippen molar-refractivity contribution in [3.63, 3.8) is 0 Å². The van der Waals surface area contributed by atoms with E-state index in [1.54, 1.807) is 18.2 Å². The maximum atomic E-state index is 10.2. The van der Waals surface area contributed by atoms with E-state index in [0.717, 1.165) is 15.0 Å². The average Bonchev–Trinajstić information content (AvgIpc) is 2.56. The van der Waals surface area contributed by atoms with Gasteiger partial charge in [0.15, 0.2) is 0 Å². The van der Waals surface area contributed by atoms with Gasteiger partial charge in [0.2, 0.25) is 6.54 Å². The molecule has 1 aromatic carbocycles. The molecular formula is C11H7Cl2NO2S. The van der Waals surface area contributed by atoms with E-state index in [0.29, 0.717) is 10.0 Å². The molecule has 0 fully saturated rings. The molecule has 0 aliphatic rings. The van der Waals surface area contributed by atoms with Crippen LogP contribution in [0.15, 0.2) is 24.3 Å². The van der Waals surface area contributed by atoms with E-state index in [9.17, 15) is 10.1 Å². The molecule has 17 heavy (non-hydrogen) atoms. The van der Waals surface area contributed by atoms with Crippen LogP contribution in [0, 0.1) is 10.1 Å². The highest BCUT2D eigenvalue weighted by Gasteiger charge is 2.08. The van der Waals surface area contributed by atoms with Gasteiger partial charge in [-0.05, 0) is 30.4 Å². The monoisotopic (exact) mass is 287 g/mol. The predicted molar refractivity (Wildman–Crippen MR) is 72.7 cm³/mol. The molecule has 2 aromatic rings. The van der Waals surface area contributed by atoms with E-state index in [1.165, 1.54) is 17.4 Å². The fourth-order valence-corrected chi connectivity index (χ4v) is 2.98. The molecule has 0 saturated carbocycles. The molecule has 0 amide bonds. The number of hydrogen-bond acceptors (Lipinski definition) is 3. The van der Waals surface area contributed by atoms with Crippen molar-refractivity contribution in [2.75, 3.05) is 6.54 Å². The number of fused-ring (bicyclic) bond motifs is 1. The summed E-state index contributed by atoms with van der Waals surface area (Å²) in [5, 5.41) is 12.3. The first kappa shape index (κ1) is 12.4. The Hall–Kier alpha value is -1.10. The third-order valence-corrected chi connectivity index (χ3v) is 4.03. The first-order chi connectivity index (χ1) is 8.08. The summed E-state index contributed by atoms with van der Waals surface area (Å²) in [6.45, 7) is -0.203. The molecule has 0 radical (unpaired) electrons. The summed E-state index contributed by atoms with van der Waals surface area (Å²) in [6, 6.07) is 5.47. The van der Waals surface area contributed by atoms with Crippen LogP contribution in [0.25, 0.3) is 16.2 Å². The first-order valence-corrected chi connectivity index (χ1v) is 6.31. The molecule has 0 aliphatic carbocycles. The van der Waals surface area contributed by atoms with E-state index >= 15 is 0 Å². The molecule has 6 heteroatoms. The number of halogens is 2. The van der Waals surface area contributed by atoms with Crippen molar-refractivity contribution in [1.82, 2.24) is 0 Å². The lowest BCUT2D eigenvalue weighted by molar-refractivity contribution is -0.468. The van der Waals surface area contributed by atoms with Crippen LogP contribution in [0.1, 0.15) is 4.88 Å². The van der Waals surface area contributed by atoms with E-state index in [-0.39, 0.29) is 6.54 Å². The minimum absolute atomic E-state index is 0.203. The molecule has 2 rings (SSSR count). The first-order valence-electron chi connectivity index (χ1n) is 4.74. The summed E-state index contributed by atoms with van der Waals surface area (Å²) in [5.74, 6) is 0. The highest BCUT2D eigenvalue weighted by atomic mass is 35.5. The maximum absolute atomic E-state index is 10.2. The fraction of sp³-hybridized carbons (Fsp3) is 0.0909. The lowest BCUT2D eigenvalue weighted by Gasteiger charge is -1.91. The number of nitrogens with zero attached hydrogens (tertiary/aromatic N) is 1. The van der Waals surface area contributed by atoms with Crippen molar-refractivity contribution in [1.29, 1.82) is 0 Å². The number of nitro groups is 1. The van der Waals surface area contributed by atoms with Crippen LogP contribution in [0.2, 0.25) is 10.0 Å². The van der Waals surface area contributed by atoms with E-state index in [1.807, 2.05) is 6.07 Å². The molecule has 1 aromatic heterocycles. The molecule has 0 bridgehead atoms. The quantitative estimate of drug-likeness (QED) is 0.616. The Morgan fingerprint density at radius 1 is 1.41 bits per heavy atom. The van der Waals surface area contributed by atoms with Gasteiger partial charge in [0.1, 0.15) is 0 Å². The van der Waals surface area contributed by atoms with Gasteiger partial charge >= 0.3 is 0 Å². The van der Waals surface area contributed by atoms with Gasteiger partial charge in [0, 0.05) is 24.9 Å². The molecule has 0 atom stereocenters. The van der Waals surface area contributed by atoms with Crippen molar-refractivity contribution in [2.24, 2.45) is 0 Å². The van der Waals surface area contributed by atoms with Gasteiger partial charge in [-0.3, -0.25) is 10.1 Å². The number of rotatable bonds is 3. The molecule has 0 N–H and O–H groups in total. The Balaban J connectivity index is 2.39. The number of thiophene rings is 1. The molecule has 0 spiro atoms. The second-order valence-electron chi connectivity index (χ2n) is 3.34. The van der Waals surface area contributed by atoms with Crippen molar-refractivity contribution in [2.45, 2.75) is 0 Å². The summed E-state index contributed by atoms with van der Waals surface area (Å²) in [6.07, 6.45) is 3.15. The minimum atomic E-state index is -0.394. The SMILES string of the molecule is O=[N+]([O-])C/C=C/c1sc2ccc(Cl)cc2c1Cl. The van der Waals surface area contributed by atoms with Gasteiger partial charge in [-0.1, -0.05) is 23.2 Å². The number of hydrogen-bond donors (Lipinski definition) is 0. The molecule has 88 valence electrons. The Morgan fingerprint density at radius 3 is 2.88 bits per heavy atom. The zero-order valence-electron chi connectivity index (χ0n) is 8.52. The van der Waals surface area contributed by atoms with E-state index in [2.05, 4.69) is 0 Å². The molecule has 1 heterocycles. The molecule has 0 aliphatic heterocycles. The van der Waals surface area contributed by atoms with Crippen LogP contribution >= 0.6 is 34.5 Å². The van der Waals surface area contributed by atoms with Crippen LogP contribution in [0.4, 0.5) is 0 Å². The van der Waals surface area contributed by atoms with Gasteiger partial charge in [-0.15, -0.1) is 11.3 Å². The smallest absolute Gasteiger partial charge is 0.222 e. The summed E-state index contributed by atoms with van der Waals surface area (Å²) in [5.41, 5.74) is 0. The van der Waals surface area contributed by atoms with Gasteiger partial charge in [-0.25, -0.2) is 0 Å². The van der Waals surface area contributed by atoms with Crippen LogP contribution < -0.4 is 0 Å². The second kappa shape index (κ2) is 5.04. The van der Waals surface area contributed by atoms with Gasteiger partial charge < -0.3 is 0 Å². The molecule has 3 nitrogen and oxygen atoms in total. The van der Waals surface area contributed by atoms with Gasteiger partial charge in [0.05, 0.1) is 5.02 Å². The van der Waals surface area contributed by atoms with Crippen LogP contribution in [0.5, 0.6) is 0 Å². The minimum Gasteiger partial charge on any atom is -0.264 e. The average molecular weight is 288 g/mol. The maximum Gasteiger partial charge on any atom is 0.222 e. The van der Waals surface area contributed by atoms with E-state index < -0.39 is 4.92 Å². The van der Waals surface area contributed by atoms with Crippen LogP contribution in [-0.2, 0) is 0 Å². The summed E-state index contributed by atoms with van der Waals surface area (Å²) >= 11 is 13.5.